The molecule has 4 amide bonds. The summed E-state index contributed by atoms with van der Waals surface area (Å²) >= 11 is 1.30. The van der Waals surface area contributed by atoms with Crippen LogP contribution in [0.5, 0.6) is 0 Å². The third kappa shape index (κ3) is 4.09. The van der Waals surface area contributed by atoms with Gasteiger partial charge in [-0.15, -0.1) is 11.3 Å². The van der Waals surface area contributed by atoms with Gasteiger partial charge in [-0.3, -0.25) is 19.3 Å². The van der Waals surface area contributed by atoms with Gasteiger partial charge in [-0.05, 0) is 45.4 Å². The summed E-state index contributed by atoms with van der Waals surface area (Å²) in [6.07, 6.45) is 0.609. The summed E-state index contributed by atoms with van der Waals surface area (Å²) in [5.74, 6) is 0.285. The second kappa shape index (κ2) is 7.82. The number of hydrogen-bond donors (Lipinski definition) is 2. The first-order valence-corrected chi connectivity index (χ1v) is 10.0. The highest BCUT2D eigenvalue weighted by Crippen LogP contribution is 2.33. The van der Waals surface area contributed by atoms with E-state index in [1.54, 1.807) is 32.9 Å². The molecule has 9 heteroatoms. The van der Waals surface area contributed by atoms with Crippen molar-refractivity contribution in [3.8, 4) is 0 Å². The Bertz CT molecular complexity index is 992. The molecule has 0 aromatic carbocycles. The van der Waals surface area contributed by atoms with Gasteiger partial charge in [-0.1, -0.05) is 0 Å². The Morgan fingerprint density at radius 3 is 2.62 bits per heavy atom. The quantitative estimate of drug-likeness (QED) is 0.531. The van der Waals surface area contributed by atoms with E-state index in [1.165, 1.54) is 18.3 Å². The molecule has 2 aromatic rings. The second-order valence-electron chi connectivity index (χ2n) is 7.20. The van der Waals surface area contributed by atoms with Gasteiger partial charge < -0.3 is 15.1 Å². The molecule has 0 spiro atoms. The molecule has 1 unspecified atom stereocenters. The number of aryl methyl sites for hydroxylation is 2. The number of Topliss-reactive ketones (excluding diaryl/α,β-unsaturated/α-hetero) is 1. The fourth-order valence-electron chi connectivity index (χ4n) is 3.40. The van der Waals surface area contributed by atoms with Crippen molar-refractivity contribution in [2.24, 2.45) is 0 Å². The highest BCUT2D eigenvalue weighted by Gasteiger charge is 2.51. The van der Waals surface area contributed by atoms with E-state index in [4.69, 9.17) is 4.42 Å². The highest BCUT2D eigenvalue weighted by molar-refractivity contribution is 7.14. The summed E-state index contributed by atoms with van der Waals surface area (Å²) in [6, 6.07) is 4.61. The average molecular weight is 417 g/mol. The van der Waals surface area contributed by atoms with E-state index in [2.05, 4.69) is 10.6 Å². The summed E-state index contributed by atoms with van der Waals surface area (Å²) in [7, 11) is 0. The van der Waals surface area contributed by atoms with Gasteiger partial charge >= 0.3 is 6.03 Å². The summed E-state index contributed by atoms with van der Waals surface area (Å²) < 4.78 is 5.50. The largest absolute Gasteiger partial charge is 0.466 e. The Labute approximate surface area is 172 Å². The molecule has 0 saturated carbocycles. The smallest absolute Gasteiger partial charge is 0.325 e. The standard InChI is InChI=1S/C20H23N3O5S/c1-11-9-15(12(2)28-11)20(4)18(26)23(19(27)22-20)10-16(25)17-6-5-14(29-17)7-8-21-13(3)24/h5-6,9H,7-8,10H2,1-4H3,(H,21,24)(H,22,27). The average Bonchev–Trinajstić information content (AvgIpc) is 3.29. The fraction of sp³-hybridized carbons (Fsp3) is 0.400. The number of nitrogens with zero attached hydrogens (tertiary/aromatic N) is 1. The number of imide groups is 1. The third-order valence-electron chi connectivity index (χ3n) is 4.84. The van der Waals surface area contributed by atoms with E-state index in [0.29, 0.717) is 34.9 Å². The number of ketones is 1. The number of furan rings is 1. The number of nitrogens with one attached hydrogen (secondary N) is 2. The van der Waals surface area contributed by atoms with E-state index in [9.17, 15) is 19.2 Å². The number of hydrogen-bond acceptors (Lipinski definition) is 6. The molecule has 3 rings (SSSR count). The van der Waals surface area contributed by atoms with Crippen LogP contribution in [0.25, 0.3) is 0 Å². The second-order valence-corrected chi connectivity index (χ2v) is 8.36. The Morgan fingerprint density at radius 1 is 1.28 bits per heavy atom. The Kier molecular flexibility index (Phi) is 5.61. The predicted molar refractivity (Wildman–Crippen MR) is 107 cm³/mol. The van der Waals surface area contributed by atoms with E-state index in [0.717, 1.165) is 9.78 Å². The maximum absolute atomic E-state index is 13.0. The van der Waals surface area contributed by atoms with Crippen LogP contribution >= 0.6 is 11.3 Å². The number of urea groups is 1. The van der Waals surface area contributed by atoms with Crippen molar-refractivity contribution >= 4 is 35.0 Å². The molecule has 1 atom stereocenters. The monoisotopic (exact) mass is 417 g/mol. The molecule has 0 bridgehead atoms. The van der Waals surface area contributed by atoms with Crippen molar-refractivity contribution in [1.29, 1.82) is 0 Å². The van der Waals surface area contributed by atoms with Crippen LogP contribution in [0, 0.1) is 13.8 Å². The van der Waals surface area contributed by atoms with Crippen LogP contribution in [0.4, 0.5) is 4.79 Å². The molecule has 0 radical (unpaired) electrons. The zero-order chi connectivity index (χ0) is 21.3. The van der Waals surface area contributed by atoms with E-state index >= 15 is 0 Å². The SMILES string of the molecule is CC(=O)NCCc1ccc(C(=O)CN2C(=O)NC(C)(c3cc(C)oc3C)C2=O)s1. The topological polar surface area (TPSA) is 109 Å². The van der Waals surface area contributed by atoms with Gasteiger partial charge in [0, 0.05) is 23.9 Å². The van der Waals surface area contributed by atoms with E-state index < -0.39 is 17.5 Å². The lowest BCUT2D eigenvalue weighted by Crippen LogP contribution is -2.41. The molecule has 1 fully saturated rings. The lowest BCUT2D eigenvalue weighted by atomic mass is 9.92. The predicted octanol–water partition coefficient (Wildman–Crippen LogP) is 2.29. The van der Waals surface area contributed by atoms with E-state index in [1.807, 2.05) is 6.07 Å². The minimum Gasteiger partial charge on any atom is -0.466 e. The van der Waals surface area contributed by atoms with Crippen LogP contribution in [0.2, 0.25) is 0 Å². The van der Waals surface area contributed by atoms with Crippen LogP contribution in [0.15, 0.2) is 22.6 Å². The molecule has 154 valence electrons. The number of carbonyl (C=O) groups is 4. The van der Waals surface area contributed by atoms with Gasteiger partial charge in [-0.2, -0.15) is 0 Å². The van der Waals surface area contributed by atoms with Crippen molar-refractivity contribution in [1.82, 2.24) is 15.5 Å². The molecule has 1 aliphatic heterocycles. The zero-order valence-corrected chi connectivity index (χ0v) is 17.6. The van der Waals surface area contributed by atoms with Gasteiger partial charge in [0.05, 0.1) is 11.4 Å². The normalized spacial score (nSPS) is 18.8. The number of thiophene rings is 1. The lowest BCUT2D eigenvalue weighted by molar-refractivity contribution is -0.130. The molecule has 1 saturated heterocycles. The Hall–Kier alpha value is -2.94. The number of carbonyl (C=O) groups excluding carboxylic acids is 4. The minimum absolute atomic E-state index is 0.109. The molecule has 1 aliphatic rings. The molecule has 3 heterocycles. The maximum atomic E-state index is 13.0. The van der Waals surface area contributed by atoms with Gasteiger partial charge in [0.1, 0.15) is 17.1 Å². The molecule has 2 aromatic heterocycles. The van der Waals surface area contributed by atoms with Gasteiger partial charge in [0.15, 0.2) is 5.78 Å². The van der Waals surface area contributed by atoms with E-state index in [-0.39, 0.29) is 18.2 Å². The summed E-state index contributed by atoms with van der Waals surface area (Å²) in [4.78, 5) is 51.4. The van der Waals surface area contributed by atoms with Gasteiger partial charge in [0.2, 0.25) is 5.91 Å². The van der Waals surface area contributed by atoms with Gasteiger partial charge in [0.25, 0.3) is 5.91 Å². The Balaban J connectivity index is 1.70. The zero-order valence-electron chi connectivity index (χ0n) is 16.8. The first-order valence-electron chi connectivity index (χ1n) is 9.20. The van der Waals surface area contributed by atoms with Crippen molar-refractivity contribution in [3.05, 3.63) is 45.0 Å². The highest BCUT2D eigenvalue weighted by atomic mass is 32.1. The maximum Gasteiger partial charge on any atom is 0.325 e. The molecule has 2 N–H and O–H groups in total. The van der Waals surface area contributed by atoms with Crippen LogP contribution in [-0.4, -0.2) is 41.6 Å². The van der Waals surface area contributed by atoms with Crippen LogP contribution in [0.3, 0.4) is 0 Å². The minimum atomic E-state index is -1.27. The number of rotatable bonds is 7. The van der Waals surface area contributed by atoms with Crippen molar-refractivity contribution < 1.29 is 23.6 Å². The van der Waals surface area contributed by atoms with Crippen molar-refractivity contribution in [3.63, 3.8) is 0 Å². The fourth-order valence-corrected chi connectivity index (χ4v) is 4.33. The molecule has 0 aliphatic carbocycles. The van der Waals surface area contributed by atoms with Gasteiger partial charge in [-0.25, -0.2) is 4.79 Å². The van der Waals surface area contributed by atoms with Crippen LogP contribution in [0.1, 0.15) is 45.5 Å². The third-order valence-corrected chi connectivity index (χ3v) is 6.02. The molecular weight excluding hydrogens is 394 g/mol. The summed E-state index contributed by atoms with van der Waals surface area (Å²) in [5.41, 5.74) is -0.683. The molecule has 29 heavy (non-hydrogen) atoms. The first-order chi connectivity index (χ1) is 13.6. The van der Waals surface area contributed by atoms with Crippen molar-refractivity contribution in [2.45, 2.75) is 39.7 Å². The van der Waals surface area contributed by atoms with Crippen LogP contribution < -0.4 is 10.6 Å². The molecular formula is C20H23N3O5S. The Morgan fingerprint density at radius 2 is 2.00 bits per heavy atom. The number of amides is 4. The van der Waals surface area contributed by atoms with Crippen molar-refractivity contribution in [2.75, 3.05) is 13.1 Å². The molecule has 8 nitrogen and oxygen atoms in total. The summed E-state index contributed by atoms with van der Waals surface area (Å²) in [6.45, 7) is 6.71. The van der Waals surface area contributed by atoms with Crippen LogP contribution in [-0.2, 0) is 21.5 Å². The first kappa shape index (κ1) is 20.8. The summed E-state index contributed by atoms with van der Waals surface area (Å²) in [5, 5.41) is 5.39. The lowest BCUT2D eigenvalue weighted by Gasteiger charge is -2.20.